The van der Waals surface area contributed by atoms with E-state index in [2.05, 4.69) is 15.0 Å². The van der Waals surface area contributed by atoms with Crippen LogP contribution in [-0.4, -0.2) is 27.9 Å². The molecule has 32 heavy (non-hydrogen) atoms. The van der Waals surface area contributed by atoms with Crippen molar-refractivity contribution < 1.29 is 13.2 Å². The third-order valence-corrected chi connectivity index (χ3v) is 5.77. The number of ether oxygens (including phenoxy) is 1. The fourth-order valence-electron chi connectivity index (χ4n) is 3.35. The number of fused-ring (bicyclic) bond motifs is 1. The second-order valence-electron chi connectivity index (χ2n) is 6.98. The second kappa shape index (κ2) is 7.88. The molecule has 3 aromatic carbocycles. The number of hydrogen-bond acceptors (Lipinski definition) is 6. The van der Waals surface area contributed by atoms with Crippen molar-refractivity contribution in [1.82, 2.24) is 19.5 Å². The summed E-state index contributed by atoms with van der Waals surface area (Å²) < 4.78 is 31.0. The summed E-state index contributed by atoms with van der Waals surface area (Å²) in [7, 11) is -3.78. The Balaban J connectivity index is 1.58. The molecular weight excluding hydrogens is 426 g/mol. The van der Waals surface area contributed by atoms with Gasteiger partial charge in [-0.25, -0.2) is 28.5 Å². The van der Waals surface area contributed by atoms with Crippen LogP contribution in [0.1, 0.15) is 0 Å². The van der Waals surface area contributed by atoms with Gasteiger partial charge in [0.25, 0.3) is 0 Å². The molecule has 0 amide bonds. The zero-order valence-electron chi connectivity index (χ0n) is 16.7. The van der Waals surface area contributed by atoms with E-state index in [-0.39, 0.29) is 4.90 Å². The van der Waals surface area contributed by atoms with Gasteiger partial charge in [-0.15, -0.1) is 0 Å². The van der Waals surface area contributed by atoms with Crippen LogP contribution in [0.15, 0.2) is 96.3 Å². The Morgan fingerprint density at radius 2 is 1.53 bits per heavy atom. The van der Waals surface area contributed by atoms with Crippen LogP contribution in [0.3, 0.4) is 0 Å². The van der Waals surface area contributed by atoms with E-state index >= 15 is 0 Å². The lowest BCUT2D eigenvalue weighted by molar-refractivity contribution is 0.482. The molecule has 0 unspecified atom stereocenters. The number of benzene rings is 3. The largest absolute Gasteiger partial charge is 0.457 e. The molecule has 0 atom stereocenters. The summed E-state index contributed by atoms with van der Waals surface area (Å²) >= 11 is 0. The van der Waals surface area contributed by atoms with Crippen molar-refractivity contribution >= 4 is 21.2 Å². The molecule has 158 valence electrons. The molecule has 5 aromatic rings. The Bertz CT molecular complexity index is 1500. The van der Waals surface area contributed by atoms with Crippen LogP contribution >= 0.6 is 0 Å². The quantitative estimate of drug-likeness (QED) is 0.440. The number of hydrogen-bond donors (Lipinski definition) is 1. The SMILES string of the molecule is NS(=O)(=O)c1ccc(-c2nc3cncnc3n2-c2ccc(Oc3ccccc3)cc2)cc1. The summed E-state index contributed by atoms with van der Waals surface area (Å²) in [6, 6.07) is 23.3. The van der Waals surface area contributed by atoms with Gasteiger partial charge in [-0.05, 0) is 60.7 Å². The monoisotopic (exact) mass is 443 g/mol. The predicted molar refractivity (Wildman–Crippen MR) is 120 cm³/mol. The van der Waals surface area contributed by atoms with E-state index in [1.54, 1.807) is 18.3 Å². The van der Waals surface area contributed by atoms with Gasteiger partial charge in [-0.3, -0.25) is 4.57 Å². The Labute approximate surface area is 184 Å². The van der Waals surface area contributed by atoms with Crippen molar-refractivity contribution in [3.8, 4) is 28.6 Å². The molecule has 9 heteroatoms. The van der Waals surface area contributed by atoms with E-state index < -0.39 is 10.0 Å². The summed E-state index contributed by atoms with van der Waals surface area (Å²) in [5.41, 5.74) is 2.77. The summed E-state index contributed by atoms with van der Waals surface area (Å²) in [5.74, 6) is 2.04. The first-order valence-electron chi connectivity index (χ1n) is 9.64. The molecule has 0 aliphatic rings. The number of sulfonamides is 1. The topological polar surface area (TPSA) is 113 Å². The lowest BCUT2D eigenvalue weighted by Crippen LogP contribution is -2.11. The van der Waals surface area contributed by atoms with Gasteiger partial charge in [0.15, 0.2) is 5.65 Å². The highest BCUT2D eigenvalue weighted by atomic mass is 32.2. The first kappa shape index (κ1) is 19.9. The lowest BCUT2D eigenvalue weighted by atomic mass is 10.2. The number of aromatic nitrogens is 4. The van der Waals surface area contributed by atoms with Crippen LogP contribution in [0.2, 0.25) is 0 Å². The maximum absolute atomic E-state index is 11.6. The summed E-state index contributed by atoms with van der Waals surface area (Å²) in [4.78, 5) is 13.2. The van der Waals surface area contributed by atoms with Gasteiger partial charge in [0.2, 0.25) is 10.0 Å². The van der Waals surface area contributed by atoms with Crippen molar-refractivity contribution in [1.29, 1.82) is 0 Å². The maximum Gasteiger partial charge on any atom is 0.238 e. The molecule has 0 saturated heterocycles. The smallest absolute Gasteiger partial charge is 0.238 e. The second-order valence-corrected chi connectivity index (χ2v) is 8.54. The van der Waals surface area contributed by atoms with Crippen molar-refractivity contribution in [2.24, 2.45) is 5.14 Å². The van der Waals surface area contributed by atoms with Crippen LogP contribution in [0, 0.1) is 0 Å². The number of rotatable bonds is 5. The minimum atomic E-state index is -3.78. The van der Waals surface area contributed by atoms with Crippen LogP contribution in [0.25, 0.3) is 28.2 Å². The summed E-state index contributed by atoms with van der Waals surface area (Å²) in [5, 5.41) is 5.22. The zero-order valence-corrected chi connectivity index (χ0v) is 17.5. The van der Waals surface area contributed by atoms with Crippen molar-refractivity contribution in [3.05, 3.63) is 91.4 Å². The van der Waals surface area contributed by atoms with E-state index in [0.717, 1.165) is 11.4 Å². The van der Waals surface area contributed by atoms with Crippen LogP contribution < -0.4 is 9.88 Å². The number of imidazole rings is 1. The van der Waals surface area contributed by atoms with Crippen molar-refractivity contribution in [2.45, 2.75) is 4.90 Å². The average molecular weight is 443 g/mol. The third-order valence-electron chi connectivity index (χ3n) is 4.84. The zero-order chi connectivity index (χ0) is 22.1. The fourth-order valence-corrected chi connectivity index (χ4v) is 3.87. The average Bonchev–Trinajstić information content (AvgIpc) is 3.19. The maximum atomic E-state index is 11.6. The minimum Gasteiger partial charge on any atom is -0.457 e. The van der Waals surface area contributed by atoms with Crippen molar-refractivity contribution in [2.75, 3.05) is 0 Å². The molecule has 0 saturated carbocycles. The van der Waals surface area contributed by atoms with E-state index in [1.807, 2.05) is 59.2 Å². The Kier molecular flexibility index (Phi) is 4.89. The van der Waals surface area contributed by atoms with E-state index in [9.17, 15) is 8.42 Å². The molecule has 0 radical (unpaired) electrons. The highest BCUT2D eigenvalue weighted by Gasteiger charge is 2.17. The molecule has 2 N–H and O–H groups in total. The number of para-hydroxylation sites is 1. The van der Waals surface area contributed by atoms with Gasteiger partial charge in [0.1, 0.15) is 29.2 Å². The number of nitrogens with zero attached hydrogens (tertiary/aromatic N) is 4. The first-order chi connectivity index (χ1) is 15.5. The van der Waals surface area contributed by atoms with Gasteiger partial charge >= 0.3 is 0 Å². The molecule has 8 nitrogen and oxygen atoms in total. The molecule has 0 fully saturated rings. The molecule has 0 aliphatic carbocycles. The van der Waals surface area contributed by atoms with Gasteiger partial charge in [0.05, 0.1) is 11.1 Å². The van der Waals surface area contributed by atoms with Crippen LogP contribution in [0.5, 0.6) is 11.5 Å². The highest BCUT2D eigenvalue weighted by Crippen LogP contribution is 2.29. The van der Waals surface area contributed by atoms with Crippen molar-refractivity contribution in [3.63, 3.8) is 0 Å². The highest BCUT2D eigenvalue weighted by molar-refractivity contribution is 7.89. The Hall–Kier alpha value is -4.08. The van der Waals surface area contributed by atoms with E-state index in [4.69, 9.17) is 9.88 Å². The number of primary sulfonamides is 1. The third kappa shape index (κ3) is 3.82. The molecule has 2 aromatic heterocycles. The standard InChI is InChI=1S/C23H17N5O3S/c24-32(29,30)20-12-6-16(7-13-20)22-27-21-14-25-15-26-23(21)28(22)17-8-10-19(11-9-17)31-18-4-2-1-3-5-18/h1-15H,(H2,24,29,30). The van der Waals surface area contributed by atoms with Gasteiger partial charge in [-0.1, -0.05) is 18.2 Å². The molecule has 0 spiro atoms. The number of nitrogens with two attached hydrogens (primary N) is 1. The van der Waals surface area contributed by atoms with Gasteiger partial charge in [-0.2, -0.15) is 0 Å². The van der Waals surface area contributed by atoms with Gasteiger partial charge in [0, 0.05) is 11.3 Å². The lowest BCUT2D eigenvalue weighted by Gasteiger charge is -2.11. The first-order valence-corrected chi connectivity index (χ1v) is 11.2. The summed E-state index contributed by atoms with van der Waals surface area (Å²) in [6.07, 6.45) is 3.09. The fraction of sp³-hybridized carbons (Fsp3) is 0. The van der Waals surface area contributed by atoms with Crippen LogP contribution in [0.4, 0.5) is 0 Å². The summed E-state index contributed by atoms with van der Waals surface area (Å²) in [6.45, 7) is 0. The minimum absolute atomic E-state index is 0.0334. The molecular formula is C23H17N5O3S. The molecule has 0 bridgehead atoms. The molecule has 5 rings (SSSR count). The molecule has 0 aliphatic heterocycles. The van der Waals surface area contributed by atoms with Gasteiger partial charge < -0.3 is 4.74 Å². The van der Waals surface area contributed by atoms with E-state index in [0.29, 0.717) is 28.3 Å². The Morgan fingerprint density at radius 1 is 0.844 bits per heavy atom. The Morgan fingerprint density at radius 3 is 2.22 bits per heavy atom. The molecule has 2 heterocycles. The van der Waals surface area contributed by atoms with E-state index in [1.165, 1.54) is 18.5 Å². The van der Waals surface area contributed by atoms with Crippen LogP contribution in [-0.2, 0) is 10.0 Å². The normalized spacial score (nSPS) is 11.5. The predicted octanol–water partition coefficient (Wildman–Crippen LogP) is 3.92.